The number of hydrogen-bond donors (Lipinski definition) is 1. The van der Waals surface area contributed by atoms with Crippen LogP contribution in [0.15, 0.2) is 12.7 Å². The molecule has 0 saturated heterocycles. The van der Waals surface area contributed by atoms with Crippen LogP contribution >= 0.6 is 0 Å². The van der Waals surface area contributed by atoms with Crippen molar-refractivity contribution in [1.29, 1.82) is 0 Å². The Bertz CT molecular complexity index is 543. The molecule has 0 rings (SSSR count). The lowest BCUT2D eigenvalue weighted by atomic mass is 10.0. The van der Waals surface area contributed by atoms with Gasteiger partial charge in [-0.1, -0.05) is 6.58 Å². The van der Waals surface area contributed by atoms with Gasteiger partial charge in [-0.05, 0) is 26.8 Å². The Morgan fingerprint density at radius 2 is 1.03 bits per heavy atom. The van der Waals surface area contributed by atoms with E-state index < -0.39 is 29.4 Å². The van der Waals surface area contributed by atoms with Crippen molar-refractivity contribution in [1.82, 2.24) is 5.32 Å². The predicted molar refractivity (Wildman–Crippen MR) is 117 cm³/mol. The summed E-state index contributed by atoms with van der Waals surface area (Å²) in [6, 6.07) is 0. The van der Waals surface area contributed by atoms with Gasteiger partial charge in [-0.3, -0.25) is 19.2 Å². The molecule has 0 atom stereocenters. The standard InChI is InChI=1S/C22H37NO10/c1-5-18(24)23-22(15-28-12-9-19(25)31-6-2,16-29-13-10-20(26)32-7-3)17-30-14-11-21(27)33-8-4/h5H,1,6-17H2,2-4H3,(H,23,24). The number of nitrogens with one attached hydrogen (secondary N) is 1. The number of amides is 1. The SMILES string of the molecule is C=CC(=O)NC(COCCC(=O)OCC)(COCCC(=O)OCC)COCCC(=O)OCC. The minimum atomic E-state index is -1.16. The minimum Gasteiger partial charge on any atom is -0.466 e. The molecule has 1 N–H and O–H groups in total. The van der Waals surface area contributed by atoms with E-state index in [-0.39, 0.29) is 78.7 Å². The van der Waals surface area contributed by atoms with E-state index >= 15 is 0 Å². The average Bonchev–Trinajstić information content (AvgIpc) is 2.78. The summed E-state index contributed by atoms with van der Waals surface area (Å²) in [5.74, 6) is -1.72. The van der Waals surface area contributed by atoms with Crippen molar-refractivity contribution in [3.8, 4) is 0 Å². The predicted octanol–water partition coefficient (Wildman–Crippen LogP) is 0.937. The molecular weight excluding hydrogens is 438 g/mol. The fourth-order valence-corrected chi connectivity index (χ4v) is 2.51. The fraction of sp³-hybridized carbons (Fsp3) is 0.727. The van der Waals surface area contributed by atoms with Crippen molar-refractivity contribution in [2.24, 2.45) is 0 Å². The maximum absolute atomic E-state index is 12.1. The van der Waals surface area contributed by atoms with E-state index in [2.05, 4.69) is 11.9 Å². The molecular formula is C22H37NO10. The maximum Gasteiger partial charge on any atom is 0.308 e. The van der Waals surface area contributed by atoms with Crippen LogP contribution in [0, 0.1) is 0 Å². The highest BCUT2D eigenvalue weighted by molar-refractivity contribution is 5.87. The molecule has 0 aromatic carbocycles. The lowest BCUT2D eigenvalue weighted by Gasteiger charge is -2.33. The van der Waals surface area contributed by atoms with Gasteiger partial charge in [-0.15, -0.1) is 0 Å². The lowest BCUT2D eigenvalue weighted by molar-refractivity contribution is -0.145. The minimum absolute atomic E-state index is 0.0345. The zero-order chi connectivity index (χ0) is 25.0. The van der Waals surface area contributed by atoms with E-state index in [1.165, 1.54) is 0 Å². The molecule has 0 fully saturated rings. The Morgan fingerprint density at radius 3 is 1.30 bits per heavy atom. The summed E-state index contributed by atoms with van der Waals surface area (Å²) in [5, 5.41) is 2.74. The van der Waals surface area contributed by atoms with Gasteiger partial charge in [0.05, 0.1) is 78.7 Å². The molecule has 0 unspecified atom stereocenters. The molecule has 0 aromatic rings. The Morgan fingerprint density at radius 1 is 0.697 bits per heavy atom. The smallest absolute Gasteiger partial charge is 0.308 e. The summed E-state index contributed by atoms with van der Waals surface area (Å²) in [5.41, 5.74) is -1.16. The summed E-state index contributed by atoms with van der Waals surface area (Å²) in [4.78, 5) is 46.7. The second-order valence-electron chi connectivity index (χ2n) is 6.80. The van der Waals surface area contributed by atoms with Gasteiger partial charge in [0.1, 0.15) is 5.54 Å². The van der Waals surface area contributed by atoms with Crippen LogP contribution in [0.5, 0.6) is 0 Å². The number of carbonyl (C=O) groups excluding carboxylic acids is 4. The first-order chi connectivity index (χ1) is 15.8. The first kappa shape index (κ1) is 30.5. The summed E-state index contributed by atoms with van der Waals surface area (Å²) in [6.45, 7) is 9.32. The first-order valence-corrected chi connectivity index (χ1v) is 11.0. The molecule has 0 aliphatic heterocycles. The monoisotopic (exact) mass is 475 g/mol. The van der Waals surface area contributed by atoms with Crippen LogP contribution < -0.4 is 5.32 Å². The van der Waals surface area contributed by atoms with Gasteiger partial charge in [0.15, 0.2) is 0 Å². The third-order valence-corrected chi connectivity index (χ3v) is 3.98. The summed E-state index contributed by atoms with van der Waals surface area (Å²) >= 11 is 0. The van der Waals surface area contributed by atoms with E-state index in [0.717, 1.165) is 6.08 Å². The van der Waals surface area contributed by atoms with Crippen LogP contribution in [0.3, 0.4) is 0 Å². The van der Waals surface area contributed by atoms with Crippen molar-refractivity contribution in [2.45, 2.75) is 45.6 Å². The van der Waals surface area contributed by atoms with Gasteiger partial charge in [0.25, 0.3) is 0 Å². The molecule has 190 valence electrons. The van der Waals surface area contributed by atoms with Crippen LogP contribution in [0.2, 0.25) is 0 Å². The van der Waals surface area contributed by atoms with Gasteiger partial charge >= 0.3 is 17.9 Å². The largest absolute Gasteiger partial charge is 0.466 e. The molecule has 11 heteroatoms. The Labute approximate surface area is 195 Å². The molecule has 1 amide bonds. The zero-order valence-electron chi connectivity index (χ0n) is 19.9. The Kier molecular flexibility index (Phi) is 17.6. The van der Waals surface area contributed by atoms with E-state index in [0.29, 0.717) is 0 Å². The van der Waals surface area contributed by atoms with Gasteiger partial charge in [-0.25, -0.2) is 0 Å². The van der Waals surface area contributed by atoms with Gasteiger partial charge < -0.3 is 33.7 Å². The number of esters is 3. The van der Waals surface area contributed by atoms with Gasteiger partial charge in [0, 0.05) is 0 Å². The topological polar surface area (TPSA) is 136 Å². The molecule has 0 spiro atoms. The zero-order valence-corrected chi connectivity index (χ0v) is 19.9. The van der Waals surface area contributed by atoms with Crippen molar-refractivity contribution < 1.29 is 47.6 Å². The molecule has 0 bridgehead atoms. The number of ether oxygens (including phenoxy) is 6. The van der Waals surface area contributed by atoms with Crippen molar-refractivity contribution in [2.75, 3.05) is 59.5 Å². The molecule has 0 aliphatic carbocycles. The van der Waals surface area contributed by atoms with Crippen LogP contribution in [0.4, 0.5) is 0 Å². The highest BCUT2D eigenvalue weighted by atomic mass is 16.5. The maximum atomic E-state index is 12.1. The highest BCUT2D eigenvalue weighted by Crippen LogP contribution is 2.11. The van der Waals surface area contributed by atoms with Gasteiger partial charge in [0.2, 0.25) is 5.91 Å². The number of rotatable bonds is 20. The highest BCUT2D eigenvalue weighted by Gasteiger charge is 2.33. The van der Waals surface area contributed by atoms with Crippen molar-refractivity contribution in [3.05, 3.63) is 12.7 Å². The molecule has 11 nitrogen and oxygen atoms in total. The molecule has 0 heterocycles. The molecule has 0 radical (unpaired) electrons. The molecule has 0 aliphatic rings. The van der Waals surface area contributed by atoms with Crippen molar-refractivity contribution >= 4 is 23.8 Å². The number of carbonyl (C=O) groups is 4. The second kappa shape index (κ2) is 19.0. The van der Waals surface area contributed by atoms with Gasteiger partial charge in [-0.2, -0.15) is 0 Å². The van der Waals surface area contributed by atoms with Crippen LogP contribution in [0.25, 0.3) is 0 Å². The van der Waals surface area contributed by atoms with E-state index in [1.807, 2.05) is 0 Å². The quantitative estimate of drug-likeness (QED) is 0.117. The Hall–Kier alpha value is -2.50. The van der Waals surface area contributed by atoms with E-state index in [1.54, 1.807) is 20.8 Å². The second-order valence-corrected chi connectivity index (χ2v) is 6.80. The normalized spacial score (nSPS) is 10.9. The first-order valence-electron chi connectivity index (χ1n) is 11.0. The van der Waals surface area contributed by atoms with Crippen LogP contribution in [-0.2, 0) is 47.6 Å². The van der Waals surface area contributed by atoms with Crippen molar-refractivity contribution in [3.63, 3.8) is 0 Å². The summed E-state index contributed by atoms with van der Waals surface area (Å²) < 4.78 is 31.4. The summed E-state index contributed by atoms with van der Waals surface area (Å²) in [6.07, 6.45) is 1.19. The summed E-state index contributed by atoms with van der Waals surface area (Å²) in [7, 11) is 0. The number of hydrogen-bond acceptors (Lipinski definition) is 10. The molecule has 33 heavy (non-hydrogen) atoms. The Balaban J connectivity index is 5.07. The lowest BCUT2D eigenvalue weighted by Crippen LogP contribution is -2.58. The third kappa shape index (κ3) is 15.9. The van der Waals surface area contributed by atoms with E-state index in [4.69, 9.17) is 28.4 Å². The fourth-order valence-electron chi connectivity index (χ4n) is 2.51. The average molecular weight is 476 g/mol. The third-order valence-electron chi connectivity index (χ3n) is 3.98. The van der Waals surface area contributed by atoms with Crippen LogP contribution in [0.1, 0.15) is 40.0 Å². The molecule has 0 aromatic heterocycles. The van der Waals surface area contributed by atoms with E-state index in [9.17, 15) is 19.2 Å². The molecule has 0 saturated carbocycles. The van der Waals surface area contributed by atoms with Crippen LogP contribution in [-0.4, -0.2) is 88.8 Å².